The molecule has 0 bridgehead atoms. The van der Waals surface area contributed by atoms with Crippen LogP contribution < -0.4 is 5.32 Å². The van der Waals surface area contributed by atoms with Crippen molar-refractivity contribution in [2.24, 2.45) is 0 Å². The van der Waals surface area contributed by atoms with E-state index >= 15 is 0 Å². The third-order valence-corrected chi connectivity index (χ3v) is 4.75. The van der Waals surface area contributed by atoms with Crippen LogP contribution in [0.3, 0.4) is 0 Å². The quantitative estimate of drug-likeness (QED) is 0.861. The monoisotopic (exact) mass is 351 g/mol. The highest BCUT2D eigenvalue weighted by Gasteiger charge is 2.26. The van der Waals surface area contributed by atoms with E-state index in [0.717, 1.165) is 37.3 Å². The average molecular weight is 351 g/mol. The van der Waals surface area contributed by atoms with Gasteiger partial charge in [0.15, 0.2) is 0 Å². The molecule has 26 heavy (non-hydrogen) atoms. The molecular formula is C21H25N3O2. The van der Waals surface area contributed by atoms with Crippen molar-refractivity contribution in [2.45, 2.75) is 19.9 Å². The second kappa shape index (κ2) is 8.63. The lowest BCUT2D eigenvalue weighted by atomic mass is 10.1. The molecule has 1 saturated heterocycles. The van der Waals surface area contributed by atoms with E-state index in [1.807, 2.05) is 49.4 Å². The van der Waals surface area contributed by atoms with Crippen LogP contribution in [0.1, 0.15) is 18.1 Å². The van der Waals surface area contributed by atoms with Crippen molar-refractivity contribution in [3.05, 3.63) is 65.7 Å². The van der Waals surface area contributed by atoms with Crippen LogP contribution >= 0.6 is 0 Å². The number of para-hydroxylation sites is 1. The maximum Gasteiger partial charge on any atom is 0.313 e. The van der Waals surface area contributed by atoms with E-state index in [-0.39, 0.29) is 0 Å². The van der Waals surface area contributed by atoms with Crippen LogP contribution in [-0.4, -0.2) is 47.8 Å². The minimum atomic E-state index is -0.553. The maximum atomic E-state index is 12.5. The molecule has 2 amide bonds. The third-order valence-electron chi connectivity index (χ3n) is 4.75. The summed E-state index contributed by atoms with van der Waals surface area (Å²) in [7, 11) is 0. The summed E-state index contributed by atoms with van der Waals surface area (Å²) in [6, 6.07) is 17.9. The Bertz CT molecular complexity index is 753. The number of piperazine rings is 1. The van der Waals surface area contributed by atoms with Gasteiger partial charge in [0.25, 0.3) is 0 Å². The van der Waals surface area contributed by atoms with Gasteiger partial charge in [0.1, 0.15) is 0 Å². The van der Waals surface area contributed by atoms with Crippen LogP contribution in [0.15, 0.2) is 54.6 Å². The van der Waals surface area contributed by atoms with E-state index in [1.165, 1.54) is 5.56 Å². The van der Waals surface area contributed by atoms with Gasteiger partial charge in [-0.05, 0) is 23.6 Å². The van der Waals surface area contributed by atoms with E-state index in [4.69, 9.17) is 0 Å². The van der Waals surface area contributed by atoms with Gasteiger partial charge >= 0.3 is 11.8 Å². The number of nitrogens with zero attached hydrogens (tertiary/aromatic N) is 2. The number of amides is 2. The zero-order chi connectivity index (χ0) is 18.4. The molecule has 2 aromatic rings. The third kappa shape index (κ3) is 4.49. The van der Waals surface area contributed by atoms with Gasteiger partial charge in [0.05, 0.1) is 0 Å². The number of hydrogen-bond donors (Lipinski definition) is 1. The Kier molecular flexibility index (Phi) is 6.02. The van der Waals surface area contributed by atoms with Crippen LogP contribution in [0.5, 0.6) is 0 Å². The van der Waals surface area contributed by atoms with Crippen molar-refractivity contribution < 1.29 is 9.59 Å². The first-order chi connectivity index (χ1) is 12.7. The number of benzene rings is 2. The first-order valence-corrected chi connectivity index (χ1v) is 9.12. The Labute approximate surface area is 154 Å². The molecule has 0 unspecified atom stereocenters. The topological polar surface area (TPSA) is 52.7 Å². The summed E-state index contributed by atoms with van der Waals surface area (Å²) in [5.41, 5.74) is 3.01. The number of rotatable bonds is 4. The summed E-state index contributed by atoms with van der Waals surface area (Å²) >= 11 is 0. The zero-order valence-electron chi connectivity index (χ0n) is 15.1. The summed E-state index contributed by atoms with van der Waals surface area (Å²) in [5.74, 6) is -1.00. The molecule has 0 aliphatic carbocycles. The molecule has 2 aromatic carbocycles. The molecule has 0 aromatic heterocycles. The fourth-order valence-corrected chi connectivity index (χ4v) is 3.22. The van der Waals surface area contributed by atoms with Crippen molar-refractivity contribution in [1.29, 1.82) is 0 Å². The first kappa shape index (κ1) is 18.1. The lowest BCUT2D eigenvalue weighted by molar-refractivity contribution is -0.144. The molecule has 0 atom stereocenters. The summed E-state index contributed by atoms with van der Waals surface area (Å²) in [4.78, 5) is 28.8. The Morgan fingerprint density at radius 3 is 2.27 bits per heavy atom. The van der Waals surface area contributed by atoms with Gasteiger partial charge in [0.2, 0.25) is 0 Å². The molecule has 1 fully saturated rings. The van der Waals surface area contributed by atoms with Gasteiger partial charge in [-0.25, -0.2) is 0 Å². The van der Waals surface area contributed by atoms with Crippen LogP contribution in [0.2, 0.25) is 0 Å². The maximum absolute atomic E-state index is 12.5. The molecule has 0 radical (unpaired) electrons. The fraction of sp³-hybridized carbons (Fsp3) is 0.333. The van der Waals surface area contributed by atoms with Crippen LogP contribution in [0.25, 0.3) is 0 Å². The van der Waals surface area contributed by atoms with Crippen molar-refractivity contribution in [1.82, 2.24) is 9.80 Å². The number of anilines is 1. The van der Waals surface area contributed by atoms with Crippen molar-refractivity contribution >= 4 is 17.5 Å². The Morgan fingerprint density at radius 2 is 1.58 bits per heavy atom. The predicted octanol–water partition coefficient (Wildman–Crippen LogP) is 2.53. The van der Waals surface area contributed by atoms with E-state index in [9.17, 15) is 9.59 Å². The standard InChI is InChI=1S/C21H25N3O2/c1-2-18-10-6-7-11-19(18)22-20(25)21(26)24-14-12-23(13-15-24)16-17-8-4-3-5-9-17/h3-11H,2,12-16H2,1H3,(H,22,25). The van der Waals surface area contributed by atoms with E-state index in [0.29, 0.717) is 13.1 Å². The highest BCUT2D eigenvalue weighted by Crippen LogP contribution is 2.16. The number of nitrogens with one attached hydrogen (secondary N) is 1. The van der Waals surface area contributed by atoms with Gasteiger partial charge in [-0.15, -0.1) is 0 Å². The largest absolute Gasteiger partial charge is 0.332 e. The summed E-state index contributed by atoms with van der Waals surface area (Å²) in [6.45, 7) is 5.61. The molecule has 5 nitrogen and oxygen atoms in total. The van der Waals surface area contributed by atoms with Gasteiger partial charge in [-0.1, -0.05) is 55.5 Å². The Balaban J connectivity index is 1.52. The highest BCUT2D eigenvalue weighted by atomic mass is 16.2. The SMILES string of the molecule is CCc1ccccc1NC(=O)C(=O)N1CCN(Cc2ccccc2)CC1. The number of carbonyl (C=O) groups excluding carboxylic acids is 2. The second-order valence-corrected chi connectivity index (χ2v) is 6.52. The molecule has 136 valence electrons. The van der Waals surface area contributed by atoms with E-state index < -0.39 is 11.8 Å². The molecule has 5 heteroatoms. The normalized spacial score (nSPS) is 14.9. The van der Waals surface area contributed by atoms with Crippen LogP contribution in [-0.2, 0) is 22.6 Å². The van der Waals surface area contributed by atoms with Gasteiger partial charge in [-0.2, -0.15) is 0 Å². The average Bonchev–Trinajstić information content (AvgIpc) is 2.69. The fourth-order valence-electron chi connectivity index (χ4n) is 3.22. The van der Waals surface area contributed by atoms with Crippen molar-refractivity contribution in [3.8, 4) is 0 Å². The van der Waals surface area contributed by atoms with Gasteiger partial charge < -0.3 is 10.2 Å². The molecule has 0 saturated carbocycles. The van der Waals surface area contributed by atoms with Crippen LogP contribution in [0, 0.1) is 0 Å². The van der Waals surface area contributed by atoms with Gasteiger partial charge in [0, 0.05) is 38.4 Å². The number of aryl methyl sites for hydroxylation is 1. The predicted molar refractivity (Wildman–Crippen MR) is 103 cm³/mol. The Morgan fingerprint density at radius 1 is 0.923 bits per heavy atom. The summed E-state index contributed by atoms with van der Waals surface area (Å²) < 4.78 is 0. The van der Waals surface area contributed by atoms with Crippen molar-refractivity contribution in [3.63, 3.8) is 0 Å². The molecule has 1 N–H and O–H groups in total. The van der Waals surface area contributed by atoms with E-state index in [2.05, 4.69) is 22.3 Å². The number of hydrogen-bond acceptors (Lipinski definition) is 3. The number of carbonyl (C=O) groups is 2. The molecule has 1 aliphatic rings. The van der Waals surface area contributed by atoms with E-state index in [1.54, 1.807) is 4.90 Å². The van der Waals surface area contributed by atoms with Gasteiger partial charge in [-0.3, -0.25) is 14.5 Å². The molecule has 3 rings (SSSR count). The molecule has 1 heterocycles. The molecule has 0 spiro atoms. The highest BCUT2D eigenvalue weighted by molar-refractivity contribution is 6.39. The van der Waals surface area contributed by atoms with Crippen LogP contribution in [0.4, 0.5) is 5.69 Å². The zero-order valence-corrected chi connectivity index (χ0v) is 15.1. The lowest BCUT2D eigenvalue weighted by Gasteiger charge is -2.34. The first-order valence-electron chi connectivity index (χ1n) is 9.12. The van der Waals surface area contributed by atoms with Crippen molar-refractivity contribution in [2.75, 3.05) is 31.5 Å². The lowest BCUT2D eigenvalue weighted by Crippen LogP contribution is -2.51. The molecular weight excluding hydrogens is 326 g/mol. The minimum Gasteiger partial charge on any atom is -0.332 e. The molecule has 1 aliphatic heterocycles. The summed E-state index contributed by atoms with van der Waals surface area (Å²) in [5, 5.41) is 2.77. The Hall–Kier alpha value is -2.66. The summed E-state index contributed by atoms with van der Waals surface area (Å²) in [6.07, 6.45) is 0.808. The minimum absolute atomic E-state index is 0.449. The second-order valence-electron chi connectivity index (χ2n) is 6.52. The smallest absolute Gasteiger partial charge is 0.313 e.